The molecular formula is C26H32N2O6. The van der Waals surface area contributed by atoms with Crippen molar-refractivity contribution in [1.29, 1.82) is 0 Å². The van der Waals surface area contributed by atoms with E-state index in [2.05, 4.69) is 21.5 Å². The third kappa shape index (κ3) is 2.84. The molecule has 1 spiro atoms. The number of hydrogen-bond acceptors (Lipinski definition) is 7. The summed E-state index contributed by atoms with van der Waals surface area (Å²) in [5.41, 5.74) is 1.45. The number of aliphatic hydroxyl groups is 1. The number of hydrogen-bond donors (Lipinski definition) is 2. The van der Waals surface area contributed by atoms with Crippen molar-refractivity contribution < 1.29 is 28.9 Å². The molecule has 3 bridgehead atoms. The Kier molecular flexibility index (Phi) is 4.65. The second kappa shape index (κ2) is 7.21. The van der Waals surface area contributed by atoms with Crippen LogP contribution in [-0.4, -0.2) is 65.6 Å². The third-order valence-corrected chi connectivity index (χ3v) is 8.86. The molecule has 1 aromatic rings. The van der Waals surface area contributed by atoms with Gasteiger partial charge in [-0.3, -0.25) is 4.90 Å². The van der Waals surface area contributed by atoms with Crippen molar-refractivity contribution in [2.24, 2.45) is 5.92 Å². The number of esters is 1. The maximum atomic E-state index is 12.5. The lowest BCUT2D eigenvalue weighted by molar-refractivity contribution is -0.178. The van der Waals surface area contributed by atoms with E-state index in [-0.39, 0.29) is 17.9 Å². The van der Waals surface area contributed by atoms with E-state index in [0.29, 0.717) is 11.8 Å². The molecule has 6 atom stereocenters. The number of carbonyl (C=O) groups excluding carboxylic acids is 2. The van der Waals surface area contributed by atoms with Gasteiger partial charge in [-0.1, -0.05) is 12.6 Å². The Morgan fingerprint density at radius 2 is 2.12 bits per heavy atom. The molecule has 2 aliphatic heterocycles. The van der Waals surface area contributed by atoms with Crippen molar-refractivity contribution in [3.05, 3.63) is 35.4 Å². The van der Waals surface area contributed by atoms with Crippen LogP contribution in [0.4, 0.5) is 4.79 Å². The van der Waals surface area contributed by atoms with Crippen LogP contribution in [-0.2, 0) is 21.4 Å². The van der Waals surface area contributed by atoms with Gasteiger partial charge in [-0.05, 0) is 69.1 Å². The first-order valence-corrected chi connectivity index (χ1v) is 12.2. The monoisotopic (exact) mass is 468 g/mol. The summed E-state index contributed by atoms with van der Waals surface area (Å²) in [6.07, 6.45) is 3.79. The zero-order valence-corrected chi connectivity index (χ0v) is 19.9. The fraction of sp³-hybridized carbons (Fsp3) is 0.615. The number of nitrogens with zero attached hydrogens (tertiary/aromatic N) is 1. The Balaban J connectivity index is 1.39. The van der Waals surface area contributed by atoms with Gasteiger partial charge in [0.25, 0.3) is 0 Å². The van der Waals surface area contributed by atoms with E-state index >= 15 is 0 Å². The third-order valence-electron chi connectivity index (χ3n) is 8.86. The van der Waals surface area contributed by atoms with Crippen LogP contribution in [0.1, 0.15) is 50.7 Å². The number of methoxy groups -OCH3 is 1. The summed E-state index contributed by atoms with van der Waals surface area (Å²) < 4.78 is 16.8. The van der Waals surface area contributed by atoms with Gasteiger partial charge in [0.15, 0.2) is 11.5 Å². The summed E-state index contributed by atoms with van der Waals surface area (Å²) in [7, 11) is 1.26. The van der Waals surface area contributed by atoms with E-state index < -0.39 is 29.1 Å². The van der Waals surface area contributed by atoms with Gasteiger partial charge in [0.1, 0.15) is 12.1 Å². The number of amides is 1. The summed E-state index contributed by atoms with van der Waals surface area (Å²) in [4.78, 5) is 26.8. The van der Waals surface area contributed by atoms with Crippen molar-refractivity contribution in [3.63, 3.8) is 0 Å². The van der Waals surface area contributed by atoms with E-state index in [9.17, 15) is 14.7 Å². The van der Waals surface area contributed by atoms with E-state index in [1.165, 1.54) is 26.9 Å². The zero-order valence-electron chi connectivity index (χ0n) is 19.9. The Hall–Kier alpha value is -2.58. The first-order chi connectivity index (χ1) is 16.2. The predicted molar refractivity (Wildman–Crippen MR) is 123 cm³/mol. The number of carbonyl (C=O) groups is 2. The van der Waals surface area contributed by atoms with Gasteiger partial charge in [0.2, 0.25) is 0 Å². The fourth-order valence-electron chi connectivity index (χ4n) is 7.08. The van der Waals surface area contributed by atoms with Gasteiger partial charge in [-0.2, -0.15) is 0 Å². The molecule has 0 aromatic heterocycles. The SMILES string of the molecule is C=C1CC2C[C@]34c5c(ccc(OC(=O)N[C@@H](C)C(=O)OC)c5OC13)C[C@@H](N2CC1CC1)C4(C)O. The molecule has 3 unspecified atom stereocenters. The second-order valence-corrected chi connectivity index (χ2v) is 10.9. The van der Waals surface area contributed by atoms with Crippen LogP contribution in [0.25, 0.3) is 0 Å². The van der Waals surface area contributed by atoms with Gasteiger partial charge in [-0.25, -0.2) is 9.59 Å². The van der Waals surface area contributed by atoms with Crippen molar-refractivity contribution in [2.75, 3.05) is 13.7 Å². The summed E-state index contributed by atoms with van der Waals surface area (Å²) in [6.45, 7) is 8.90. The van der Waals surface area contributed by atoms with Crippen LogP contribution in [0, 0.1) is 5.92 Å². The molecule has 3 fully saturated rings. The van der Waals surface area contributed by atoms with Gasteiger partial charge < -0.3 is 24.6 Å². The second-order valence-electron chi connectivity index (χ2n) is 10.9. The average Bonchev–Trinajstić information content (AvgIpc) is 3.53. The zero-order chi connectivity index (χ0) is 24.0. The molecule has 8 heteroatoms. The minimum Gasteiger partial charge on any atom is -0.481 e. The maximum Gasteiger partial charge on any atom is 0.413 e. The molecule has 1 saturated heterocycles. The van der Waals surface area contributed by atoms with Gasteiger partial charge >= 0.3 is 12.1 Å². The van der Waals surface area contributed by atoms with Gasteiger partial charge in [0.05, 0.1) is 18.1 Å². The molecule has 1 aromatic carbocycles. The number of nitrogens with one attached hydrogen (secondary N) is 1. The number of fused-ring (bicyclic) bond motifs is 2. The fourth-order valence-corrected chi connectivity index (χ4v) is 7.08. The minimum absolute atomic E-state index is 0.0143. The van der Waals surface area contributed by atoms with Gasteiger partial charge in [-0.15, -0.1) is 0 Å². The number of rotatable bonds is 5. The van der Waals surface area contributed by atoms with Crippen LogP contribution in [0.5, 0.6) is 11.5 Å². The molecular weight excluding hydrogens is 436 g/mol. The normalized spacial score (nSPS) is 35.9. The highest BCUT2D eigenvalue weighted by atomic mass is 16.6. The predicted octanol–water partition coefficient (Wildman–Crippen LogP) is 2.46. The van der Waals surface area contributed by atoms with E-state index in [1.54, 1.807) is 6.07 Å². The molecule has 2 saturated carbocycles. The quantitative estimate of drug-likeness (QED) is 0.506. The van der Waals surface area contributed by atoms with Crippen LogP contribution >= 0.6 is 0 Å². The highest BCUT2D eigenvalue weighted by molar-refractivity contribution is 5.82. The van der Waals surface area contributed by atoms with Crippen molar-refractivity contribution in [3.8, 4) is 11.5 Å². The molecule has 0 radical (unpaired) electrons. The molecule has 5 aliphatic rings. The Bertz CT molecular complexity index is 1100. The first-order valence-electron chi connectivity index (χ1n) is 12.2. The van der Waals surface area contributed by atoms with Crippen molar-refractivity contribution >= 4 is 12.1 Å². The van der Waals surface area contributed by atoms with Crippen molar-refractivity contribution in [2.45, 2.75) is 81.2 Å². The molecule has 8 nitrogen and oxygen atoms in total. The molecule has 2 heterocycles. The minimum atomic E-state index is -1.01. The van der Waals surface area contributed by atoms with Crippen LogP contribution in [0.15, 0.2) is 24.3 Å². The molecule has 34 heavy (non-hydrogen) atoms. The van der Waals surface area contributed by atoms with E-state index in [1.807, 2.05) is 13.0 Å². The van der Waals surface area contributed by atoms with E-state index in [4.69, 9.17) is 9.47 Å². The molecule has 2 N–H and O–H groups in total. The molecule has 6 rings (SSSR count). The van der Waals surface area contributed by atoms with Crippen molar-refractivity contribution in [1.82, 2.24) is 10.2 Å². The first kappa shape index (κ1) is 21.9. The summed E-state index contributed by atoms with van der Waals surface area (Å²) in [6, 6.07) is 3.25. The lowest BCUT2D eigenvalue weighted by Gasteiger charge is -2.65. The van der Waals surface area contributed by atoms with E-state index in [0.717, 1.165) is 48.4 Å². The van der Waals surface area contributed by atoms with Crippen LogP contribution in [0.2, 0.25) is 0 Å². The number of benzene rings is 1. The average molecular weight is 469 g/mol. The smallest absolute Gasteiger partial charge is 0.413 e. The van der Waals surface area contributed by atoms with Crippen LogP contribution < -0.4 is 14.8 Å². The Morgan fingerprint density at radius 3 is 2.82 bits per heavy atom. The number of likely N-dealkylation sites (tertiary alicyclic amines) is 1. The Labute approximate surface area is 199 Å². The lowest BCUT2D eigenvalue weighted by Crippen LogP contribution is -2.77. The molecule has 182 valence electrons. The largest absolute Gasteiger partial charge is 0.481 e. The Morgan fingerprint density at radius 1 is 1.35 bits per heavy atom. The lowest BCUT2D eigenvalue weighted by atomic mass is 9.49. The highest BCUT2D eigenvalue weighted by Gasteiger charge is 2.72. The summed E-state index contributed by atoms with van der Waals surface area (Å²) in [5, 5.41) is 14.7. The topological polar surface area (TPSA) is 97.3 Å². The molecule has 1 amide bonds. The van der Waals surface area contributed by atoms with Crippen LogP contribution in [0.3, 0.4) is 0 Å². The van der Waals surface area contributed by atoms with Gasteiger partial charge in [0, 0.05) is 24.2 Å². The number of ether oxygens (including phenoxy) is 3. The summed E-state index contributed by atoms with van der Waals surface area (Å²) in [5.74, 6) is 0.973. The maximum absolute atomic E-state index is 12.5. The summed E-state index contributed by atoms with van der Waals surface area (Å²) >= 11 is 0. The molecule has 3 aliphatic carbocycles. The number of piperidine rings is 1. The highest BCUT2D eigenvalue weighted by Crippen LogP contribution is 2.66. The standard InChI is InChI=1S/C26H32N2O6/c1-13-9-17-11-26-20-16(10-19(25(26,3)31)28(17)12-15-5-6-15)7-8-18(21(20)34-22(13)26)33-24(30)27-14(2)23(29)32-4/h7-8,14-15,17,19,22,31H,1,5-6,9-12H2,2-4H3,(H,27,30)/t14-,17?,19+,22?,25?,26-/m0/s1.